The van der Waals surface area contributed by atoms with E-state index < -0.39 is 0 Å². The van der Waals surface area contributed by atoms with Gasteiger partial charge in [-0.15, -0.1) is 17.5 Å². The molecule has 0 aliphatic rings. The molecule has 0 saturated carbocycles. The fraction of sp³-hybridized carbons (Fsp3) is 0.182. The second kappa shape index (κ2) is 6.73. The van der Waals surface area contributed by atoms with E-state index >= 15 is 0 Å². The van der Waals surface area contributed by atoms with Crippen LogP contribution in [0.5, 0.6) is 0 Å². The summed E-state index contributed by atoms with van der Waals surface area (Å²) in [6.07, 6.45) is 1.66. The molecule has 1 heterocycles. The van der Waals surface area contributed by atoms with Crippen molar-refractivity contribution >= 4 is 24.0 Å². The molecular weight excluding hydrogens is 254 g/mol. The van der Waals surface area contributed by atoms with E-state index in [1.807, 2.05) is 30.3 Å². The Bertz CT molecular complexity index is 499. The predicted molar refractivity (Wildman–Crippen MR) is 70.2 cm³/mol. The van der Waals surface area contributed by atoms with Crippen molar-refractivity contribution in [2.24, 2.45) is 5.73 Å². The van der Waals surface area contributed by atoms with Gasteiger partial charge in [0.15, 0.2) is 0 Å². The molecule has 0 unspecified atom stereocenters. The van der Waals surface area contributed by atoms with Crippen molar-refractivity contribution in [3.8, 4) is 0 Å². The van der Waals surface area contributed by atoms with E-state index in [1.54, 1.807) is 6.20 Å². The molecule has 2 rings (SSSR count). The number of aromatic nitrogens is 3. The number of halogens is 1. The maximum absolute atomic E-state index is 11.6. The lowest BCUT2D eigenvalue weighted by atomic mass is 10.3. The summed E-state index contributed by atoms with van der Waals surface area (Å²) in [5, 5.41) is 10.4. The van der Waals surface area contributed by atoms with Crippen molar-refractivity contribution < 1.29 is 4.79 Å². The Hall–Kier alpha value is -1.92. The SMILES string of the molecule is Cl.NCc1cn(CC(=O)Nc2ccccc2)nn1. The van der Waals surface area contributed by atoms with Crippen LogP contribution in [0.4, 0.5) is 5.69 Å². The molecule has 1 aromatic carbocycles. The van der Waals surface area contributed by atoms with Gasteiger partial charge >= 0.3 is 0 Å². The van der Waals surface area contributed by atoms with Crippen molar-refractivity contribution in [3.63, 3.8) is 0 Å². The van der Waals surface area contributed by atoms with Crippen LogP contribution in [0.25, 0.3) is 0 Å². The van der Waals surface area contributed by atoms with Crippen molar-refractivity contribution in [1.82, 2.24) is 15.0 Å². The van der Waals surface area contributed by atoms with Crippen LogP contribution in [0, 0.1) is 0 Å². The monoisotopic (exact) mass is 267 g/mol. The fourth-order valence-corrected chi connectivity index (χ4v) is 1.38. The largest absolute Gasteiger partial charge is 0.325 e. The topological polar surface area (TPSA) is 85.8 Å². The van der Waals surface area contributed by atoms with E-state index in [1.165, 1.54) is 4.68 Å². The minimum Gasteiger partial charge on any atom is -0.325 e. The van der Waals surface area contributed by atoms with Crippen LogP contribution in [0.2, 0.25) is 0 Å². The van der Waals surface area contributed by atoms with Crippen LogP contribution in [0.15, 0.2) is 36.5 Å². The number of hydrogen-bond acceptors (Lipinski definition) is 4. The zero-order chi connectivity index (χ0) is 12.1. The number of nitrogens with one attached hydrogen (secondary N) is 1. The summed E-state index contributed by atoms with van der Waals surface area (Å²) in [7, 11) is 0. The van der Waals surface area contributed by atoms with Gasteiger partial charge in [-0.2, -0.15) is 0 Å². The highest BCUT2D eigenvalue weighted by molar-refractivity contribution is 5.90. The molecule has 0 aliphatic carbocycles. The Balaban J connectivity index is 0.00000162. The zero-order valence-electron chi connectivity index (χ0n) is 9.61. The van der Waals surface area contributed by atoms with Gasteiger partial charge in [0, 0.05) is 12.2 Å². The average molecular weight is 268 g/mol. The van der Waals surface area contributed by atoms with Gasteiger partial charge in [0.2, 0.25) is 5.91 Å². The first kappa shape index (κ1) is 14.1. The molecule has 7 heteroatoms. The average Bonchev–Trinajstić information content (AvgIpc) is 2.78. The zero-order valence-corrected chi connectivity index (χ0v) is 10.4. The second-order valence-electron chi connectivity index (χ2n) is 3.53. The number of para-hydroxylation sites is 1. The normalized spacial score (nSPS) is 9.61. The first-order valence-electron chi connectivity index (χ1n) is 5.22. The molecule has 0 spiro atoms. The molecule has 0 aliphatic heterocycles. The van der Waals surface area contributed by atoms with Gasteiger partial charge in [0.05, 0.1) is 11.9 Å². The number of benzene rings is 1. The van der Waals surface area contributed by atoms with Gasteiger partial charge in [-0.1, -0.05) is 23.4 Å². The maximum atomic E-state index is 11.6. The van der Waals surface area contributed by atoms with Crippen molar-refractivity contribution in [2.45, 2.75) is 13.1 Å². The van der Waals surface area contributed by atoms with E-state index in [4.69, 9.17) is 5.73 Å². The molecule has 0 atom stereocenters. The van der Waals surface area contributed by atoms with E-state index in [0.717, 1.165) is 5.69 Å². The van der Waals surface area contributed by atoms with E-state index in [9.17, 15) is 4.79 Å². The quantitative estimate of drug-likeness (QED) is 0.858. The van der Waals surface area contributed by atoms with Crippen molar-refractivity contribution in [3.05, 3.63) is 42.2 Å². The number of hydrogen-bond donors (Lipinski definition) is 2. The van der Waals surface area contributed by atoms with Gasteiger partial charge in [0.25, 0.3) is 0 Å². The van der Waals surface area contributed by atoms with Gasteiger partial charge in [-0.3, -0.25) is 4.79 Å². The van der Waals surface area contributed by atoms with Crippen molar-refractivity contribution in [1.29, 1.82) is 0 Å². The van der Waals surface area contributed by atoms with Gasteiger partial charge < -0.3 is 11.1 Å². The molecule has 2 aromatic rings. The Morgan fingerprint density at radius 2 is 2.06 bits per heavy atom. The lowest BCUT2D eigenvalue weighted by Gasteiger charge is -2.03. The summed E-state index contributed by atoms with van der Waals surface area (Å²) in [6, 6.07) is 9.25. The highest BCUT2D eigenvalue weighted by Crippen LogP contribution is 2.04. The molecule has 3 N–H and O–H groups in total. The minimum absolute atomic E-state index is 0. The number of rotatable bonds is 4. The Kier molecular flexibility index (Phi) is 5.29. The third kappa shape index (κ3) is 3.83. The lowest BCUT2D eigenvalue weighted by molar-refractivity contribution is -0.116. The van der Waals surface area contributed by atoms with E-state index in [2.05, 4.69) is 15.6 Å². The standard InChI is InChI=1S/C11H13N5O.ClH/c12-6-10-7-16(15-14-10)8-11(17)13-9-4-2-1-3-5-9;/h1-5,7H,6,8,12H2,(H,13,17);1H. The number of carbonyl (C=O) groups excluding carboxylic acids is 1. The van der Waals surface area contributed by atoms with Crippen LogP contribution in [-0.2, 0) is 17.9 Å². The van der Waals surface area contributed by atoms with Crippen LogP contribution >= 0.6 is 12.4 Å². The number of amides is 1. The van der Waals surface area contributed by atoms with Gasteiger partial charge in [0.1, 0.15) is 6.54 Å². The molecule has 0 radical (unpaired) electrons. The number of nitrogens with two attached hydrogens (primary N) is 1. The molecule has 96 valence electrons. The summed E-state index contributed by atoms with van der Waals surface area (Å²) in [5.74, 6) is -0.148. The van der Waals surface area contributed by atoms with Gasteiger partial charge in [-0.25, -0.2) is 4.68 Å². The van der Waals surface area contributed by atoms with E-state index in [0.29, 0.717) is 12.2 Å². The van der Waals surface area contributed by atoms with Crippen molar-refractivity contribution in [2.75, 3.05) is 5.32 Å². The number of anilines is 1. The third-order valence-electron chi connectivity index (χ3n) is 2.16. The maximum Gasteiger partial charge on any atom is 0.246 e. The Morgan fingerprint density at radius 1 is 1.33 bits per heavy atom. The molecule has 0 fully saturated rings. The molecule has 6 nitrogen and oxygen atoms in total. The lowest BCUT2D eigenvalue weighted by Crippen LogP contribution is -2.19. The van der Waals surface area contributed by atoms with Crippen LogP contribution in [0.1, 0.15) is 5.69 Å². The summed E-state index contributed by atoms with van der Waals surface area (Å²) in [5.41, 5.74) is 6.83. The molecule has 0 bridgehead atoms. The number of nitrogens with zero attached hydrogens (tertiary/aromatic N) is 3. The van der Waals surface area contributed by atoms with Crippen LogP contribution < -0.4 is 11.1 Å². The summed E-state index contributed by atoms with van der Waals surface area (Å²) < 4.78 is 1.46. The summed E-state index contributed by atoms with van der Waals surface area (Å²) in [6.45, 7) is 0.447. The Labute approximate surface area is 111 Å². The second-order valence-corrected chi connectivity index (χ2v) is 3.53. The minimum atomic E-state index is -0.148. The fourth-order valence-electron chi connectivity index (χ4n) is 1.38. The first-order valence-corrected chi connectivity index (χ1v) is 5.22. The highest BCUT2D eigenvalue weighted by atomic mass is 35.5. The first-order chi connectivity index (χ1) is 8.28. The molecule has 1 aromatic heterocycles. The van der Waals surface area contributed by atoms with Crippen LogP contribution in [0.3, 0.4) is 0 Å². The smallest absolute Gasteiger partial charge is 0.246 e. The summed E-state index contributed by atoms with van der Waals surface area (Å²) in [4.78, 5) is 11.6. The molecule has 0 saturated heterocycles. The highest BCUT2D eigenvalue weighted by Gasteiger charge is 2.05. The summed E-state index contributed by atoms with van der Waals surface area (Å²) >= 11 is 0. The van der Waals surface area contributed by atoms with Gasteiger partial charge in [-0.05, 0) is 12.1 Å². The molecule has 18 heavy (non-hydrogen) atoms. The Morgan fingerprint density at radius 3 is 2.67 bits per heavy atom. The molecule has 1 amide bonds. The van der Waals surface area contributed by atoms with E-state index in [-0.39, 0.29) is 24.9 Å². The number of carbonyl (C=O) groups is 1. The molecular formula is C11H14ClN5O. The third-order valence-corrected chi connectivity index (χ3v) is 2.16. The predicted octanol–water partition coefficient (Wildman–Crippen LogP) is 0.797. The van der Waals surface area contributed by atoms with Crippen LogP contribution in [-0.4, -0.2) is 20.9 Å².